The highest BCUT2D eigenvalue weighted by molar-refractivity contribution is 5.84. The molecule has 0 radical (unpaired) electrons. The van der Waals surface area contributed by atoms with E-state index in [1.807, 2.05) is 6.92 Å². The van der Waals surface area contributed by atoms with E-state index in [4.69, 9.17) is 4.74 Å². The molecule has 0 spiro atoms. The van der Waals surface area contributed by atoms with E-state index in [1.165, 1.54) is 0 Å². The lowest BCUT2D eigenvalue weighted by molar-refractivity contribution is -0.126. The Morgan fingerprint density at radius 1 is 0.929 bits per heavy atom. The summed E-state index contributed by atoms with van der Waals surface area (Å²) in [5.41, 5.74) is 0. The van der Waals surface area contributed by atoms with Crippen molar-refractivity contribution in [3.8, 4) is 0 Å². The van der Waals surface area contributed by atoms with E-state index in [0.717, 1.165) is 45.4 Å². The maximum Gasteiger partial charge on any atom is 0.239 e. The predicted molar refractivity (Wildman–Crippen MR) is 104 cm³/mol. The van der Waals surface area contributed by atoms with Gasteiger partial charge in [-0.05, 0) is 19.3 Å². The van der Waals surface area contributed by atoms with Crippen LogP contribution in [-0.4, -0.2) is 72.7 Å². The van der Waals surface area contributed by atoms with Crippen molar-refractivity contribution in [2.24, 2.45) is 0 Å². The van der Waals surface area contributed by atoms with E-state index >= 15 is 0 Å². The topological polar surface area (TPSA) is 113 Å². The highest BCUT2D eigenvalue weighted by atomic mass is 16.5. The zero-order valence-corrected chi connectivity index (χ0v) is 16.4. The molecule has 0 aliphatic carbocycles. The van der Waals surface area contributed by atoms with E-state index in [2.05, 4.69) is 35.4 Å². The average molecular weight is 391 g/mol. The summed E-state index contributed by atoms with van der Waals surface area (Å²) in [4.78, 5) is 41.5. The largest absolute Gasteiger partial charge is 0.378 e. The molecule has 154 valence electrons. The molecular formula is C18H29N7O3. The van der Waals surface area contributed by atoms with E-state index in [-0.39, 0.29) is 24.9 Å². The number of carbonyl (C=O) groups is 2. The molecule has 2 fully saturated rings. The Bertz CT molecular complexity index is 673. The van der Waals surface area contributed by atoms with Gasteiger partial charge in [-0.25, -0.2) is 0 Å². The maximum absolute atomic E-state index is 12.0. The van der Waals surface area contributed by atoms with Gasteiger partial charge in [0.15, 0.2) is 5.82 Å². The van der Waals surface area contributed by atoms with Crippen LogP contribution in [0, 0.1) is 0 Å². The summed E-state index contributed by atoms with van der Waals surface area (Å²) in [5.74, 6) is 1.42. The summed E-state index contributed by atoms with van der Waals surface area (Å²) in [6.07, 6.45) is 3.43. The first-order valence-electron chi connectivity index (χ1n) is 10.0. The molecule has 2 aliphatic heterocycles. The molecule has 3 rings (SSSR count). The second-order valence-electron chi connectivity index (χ2n) is 6.95. The number of hydrogen-bond acceptors (Lipinski definition) is 8. The molecule has 2 aliphatic rings. The molecule has 0 atom stereocenters. The Balaban J connectivity index is 1.64. The number of amides is 2. The van der Waals surface area contributed by atoms with Crippen molar-refractivity contribution in [1.29, 1.82) is 0 Å². The van der Waals surface area contributed by atoms with Gasteiger partial charge in [-0.1, -0.05) is 6.92 Å². The molecule has 10 nitrogen and oxygen atoms in total. The predicted octanol–water partition coefficient (Wildman–Crippen LogP) is -0.159. The quantitative estimate of drug-likeness (QED) is 0.629. The van der Waals surface area contributed by atoms with Crippen LogP contribution in [0.15, 0.2) is 0 Å². The third-order valence-electron chi connectivity index (χ3n) is 4.71. The fourth-order valence-corrected chi connectivity index (χ4v) is 3.17. The molecule has 10 heteroatoms. The third-order valence-corrected chi connectivity index (χ3v) is 4.71. The van der Waals surface area contributed by atoms with Gasteiger partial charge in [0, 0.05) is 32.6 Å². The Labute approximate surface area is 165 Å². The summed E-state index contributed by atoms with van der Waals surface area (Å²) in [6.45, 7) is 6.70. The maximum atomic E-state index is 12.0. The van der Waals surface area contributed by atoms with Gasteiger partial charge in [-0.15, -0.1) is 0 Å². The summed E-state index contributed by atoms with van der Waals surface area (Å²) in [6, 6.07) is 0. The van der Waals surface area contributed by atoms with Gasteiger partial charge in [0.25, 0.3) is 0 Å². The van der Waals surface area contributed by atoms with E-state index < -0.39 is 0 Å². The van der Waals surface area contributed by atoms with Crippen LogP contribution in [0.4, 0.5) is 11.9 Å². The second kappa shape index (κ2) is 10.2. The number of morpholine rings is 1. The number of anilines is 2. The lowest BCUT2D eigenvalue weighted by Crippen LogP contribution is -2.39. The van der Waals surface area contributed by atoms with Crippen LogP contribution in [0.25, 0.3) is 0 Å². The Kier molecular flexibility index (Phi) is 7.35. The van der Waals surface area contributed by atoms with Gasteiger partial charge in [0.2, 0.25) is 23.7 Å². The average Bonchev–Trinajstić information content (AvgIpc) is 3.26. The molecule has 28 heavy (non-hydrogen) atoms. The minimum Gasteiger partial charge on any atom is -0.378 e. The van der Waals surface area contributed by atoms with Crippen LogP contribution in [0.1, 0.15) is 38.4 Å². The Morgan fingerprint density at radius 2 is 1.57 bits per heavy atom. The first kappa shape index (κ1) is 20.2. The molecule has 2 N–H and O–H groups in total. The minimum absolute atomic E-state index is 0.0424. The number of carbonyl (C=O) groups excluding carboxylic acids is 2. The number of hydrogen-bond donors (Lipinski definition) is 2. The molecule has 3 heterocycles. The number of rotatable bonds is 8. The monoisotopic (exact) mass is 391 g/mol. The number of ether oxygens (including phenoxy) is 1. The molecule has 0 saturated carbocycles. The zero-order chi connectivity index (χ0) is 19.8. The summed E-state index contributed by atoms with van der Waals surface area (Å²) < 4.78 is 5.41. The molecule has 2 amide bonds. The van der Waals surface area contributed by atoms with Crippen LogP contribution in [0.3, 0.4) is 0 Å². The van der Waals surface area contributed by atoms with E-state index in [0.29, 0.717) is 37.4 Å². The van der Waals surface area contributed by atoms with Crippen molar-refractivity contribution >= 4 is 23.7 Å². The van der Waals surface area contributed by atoms with Gasteiger partial charge in [0.05, 0.1) is 26.3 Å². The van der Waals surface area contributed by atoms with Gasteiger partial charge in [0.1, 0.15) is 0 Å². The first-order chi connectivity index (χ1) is 13.7. The number of nitrogens with one attached hydrogen (secondary N) is 2. The first-order valence-corrected chi connectivity index (χ1v) is 10.0. The highest BCUT2D eigenvalue weighted by Crippen LogP contribution is 2.19. The van der Waals surface area contributed by atoms with Crippen molar-refractivity contribution in [3.05, 3.63) is 5.82 Å². The SMILES string of the molecule is CCCC(=O)NCC(=O)NCc1nc(N2CCCC2)nc(N2CCOCC2)n1. The number of aromatic nitrogens is 3. The third kappa shape index (κ3) is 5.75. The lowest BCUT2D eigenvalue weighted by atomic mass is 10.3. The molecule has 2 saturated heterocycles. The standard InChI is InChI=1S/C18H29N7O3/c1-2-5-15(26)20-13-16(27)19-12-14-21-17(24-6-3-4-7-24)23-18(22-14)25-8-10-28-11-9-25/h2-13H2,1H3,(H,19,27)(H,20,26). The summed E-state index contributed by atoms with van der Waals surface area (Å²) in [5, 5.41) is 5.38. The molecule has 0 aromatic carbocycles. The van der Waals surface area contributed by atoms with Crippen LogP contribution >= 0.6 is 0 Å². The van der Waals surface area contributed by atoms with Gasteiger partial charge >= 0.3 is 0 Å². The minimum atomic E-state index is -0.263. The zero-order valence-electron chi connectivity index (χ0n) is 16.4. The number of nitrogens with zero attached hydrogens (tertiary/aromatic N) is 5. The molecule has 1 aromatic heterocycles. The molecule has 0 unspecified atom stereocenters. The van der Waals surface area contributed by atoms with Crippen molar-refractivity contribution < 1.29 is 14.3 Å². The Hall–Kier alpha value is -2.49. The van der Waals surface area contributed by atoms with Gasteiger partial charge in [-0.3, -0.25) is 9.59 Å². The summed E-state index contributed by atoms with van der Waals surface area (Å²) in [7, 11) is 0. The van der Waals surface area contributed by atoms with Gasteiger partial charge in [-0.2, -0.15) is 15.0 Å². The van der Waals surface area contributed by atoms with Crippen molar-refractivity contribution in [2.45, 2.75) is 39.2 Å². The lowest BCUT2D eigenvalue weighted by Gasteiger charge is -2.28. The second-order valence-corrected chi connectivity index (χ2v) is 6.95. The highest BCUT2D eigenvalue weighted by Gasteiger charge is 2.21. The molecular weight excluding hydrogens is 362 g/mol. The van der Waals surface area contributed by atoms with Crippen LogP contribution in [0.2, 0.25) is 0 Å². The van der Waals surface area contributed by atoms with Crippen molar-refractivity contribution in [1.82, 2.24) is 25.6 Å². The normalized spacial score (nSPS) is 16.9. The smallest absolute Gasteiger partial charge is 0.239 e. The summed E-state index contributed by atoms with van der Waals surface area (Å²) >= 11 is 0. The van der Waals surface area contributed by atoms with Crippen LogP contribution in [-0.2, 0) is 20.9 Å². The van der Waals surface area contributed by atoms with E-state index in [1.54, 1.807) is 0 Å². The van der Waals surface area contributed by atoms with Crippen molar-refractivity contribution in [3.63, 3.8) is 0 Å². The van der Waals surface area contributed by atoms with Gasteiger partial charge < -0.3 is 25.2 Å². The fraction of sp³-hybridized carbons (Fsp3) is 0.722. The van der Waals surface area contributed by atoms with Crippen LogP contribution < -0.4 is 20.4 Å². The fourth-order valence-electron chi connectivity index (χ4n) is 3.17. The van der Waals surface area contributed by atoms with Crippen molar-refractivity contribution in [2.75, 3.05) is 55.7 Å². The Morgan fingerprint density at radius 3 is 2.21 bits per heavy atom. The molecule has 0 bridgehead atoms. The molecule has 1 aromatic rings. The van der Waals surface area contributed by atoms with E-state index in [9.17, 15) is 9.59 Å². The van der Waals surface area contributed by atoms with Crippen LogP contribution in [0.5, 0.6) is 0 Å².